The number of nitrogens with one attached hydrogen (secondary N) is 1. The van der Waals surface area contributed by atoms with Gasteiger partial charge in [0.05, 0.1) is 5.56 Å². The molecule has 1 amide bonds. The molecule has 0 aliphatic carbocycles. The van der Waals surface area contributed by atoms with Crippen LogP contribution in [0.2, 0.25) is 0 Å². The van der Waals surface area contributed by atoms with Crippen molar-refractivity contribution in [3.8, 4) is 11.8 Å². The minimum Gasteiger partial charge on any atom is -0.347 e. The Morgan fingerprint density at radius 3 is 2.29 bits per heavy atom. The molecule has 0 aliphatic rings. The van der Waals surface area contributed by atoms with Gasteiger partial charge in [0, 0.05) is 18.4 Å². The van der Waals surface area contributed by atoms with Crippen LogP contribution in [0.5, 0.6) is 0 Å². The SMILES string of the molecule is CC(C)(C)c1ccc(-n2ccc(C#N)c2C(=O)NCc2ccc(F)cc2)cc1. The summed E-state index contributed by atoms with van der Waals surface area (Å²) in [6, 6.07) is 17.6. The Bertz CT molecular complexity index is 1020. The van der Waals surface area contributed by atoms with E-state index in [1.807, 2.05) is 24.3 Å². The number of carbonyl (C=O) groups excluding carboxylic acids is 1. The lowest BCUT2D eigenvalue weighted by Gasteiger charge is -2.19. The van der Waals surface area contributed by atoms with Crippen molar-refractivity contribution in [2.45, 2.75) is 32.7 Å². The summed E-state index contributed by atoms with van der Waals surface area (Å²) in [5, 5.41) is 12.2. The maximum absolute atomic E-state index is 13.0. The number of halogens is 1. The Kier molecular flexibility index (Phi) is 5.32. The molecule has 1 heterocycles. The third-order valence-corrected chi connectivity index (χ3v) is 4.60. The molecule has 3 rings (SSSR count). The number of rotatable bonds is 4. The predicted molar refractivity (Wildman–Crippen MR) is 107 cm³/mol. The van der Waals surface area contributed by atoms with E-state index in [0.29, 0.717) is 5.56 Å². The fourth-order valence-corrected chi connectivity index (χ4v) is 2.96. The van der Waals surface area contributed by atoms with Gasteiger partial charge in [-0.15, -0.1) is 0 Å². The van der Waals surface area contributed by atoms with Gasteiger partial charge in [-0.2, -0.15) is 5.26 Å². The summed E-state index contributed by atoms with van der Waals surface area (Å²) < 4.78 is 14.7. The van der Waals surface area contributed by atoms with Gasteiger partial charge < -0.3 is 9.88 Å². The van der Waals surface area contributed by atoms with Gasteiger partial charge in [-0.05, 0) is 46.9 Å². The lowest BCUT2D eigenvalue weighted by Crippen LogP contribution is -2.26. The van der Waals surface area contributed by atoms with E-state index in [1.165, 1.54) is 17.7 Å². The van der Waals surface area contributed by atoms with Crippen LogP contribution in [0.25, 0.3) is 5.69 Å². The van der Waals surface area contributed by atoms with Crippen LogP contribution in [0.4, 0.5) is 4.39 Å². The van der Waals surface area contributed by atoms with E-state index in [1.54, 1.807) is 29.0 Å². The normalized spacial score (nSPS) is 11.1. The summed E-state index contributed by atoms with van der Waals surface area (Å²) in [6.07, 6.45) is 1.72. The first-order valence-electron chi connectivity index (χ1n) is 9.04. The highest BCUT2D eigenvalue weighted by atomic mass is 19.1. The van der Waals surface area contributed by atoms with Crippen LogP contribution in [-0.4, -0.2) is 10.5 Å². The third-order valence-electron chi connectivity index (χ3n) is 4.60. The summed E-state index contributed by atoms with van der Waals surface area (Å²) in [7, 11) is 0. The van der Waals surface area contributed by atoms with Crippen LogP contribution >= 0.6 is 0 Å². The standard InChI is InChI=1S/C23H22FN3O/c1-23(2,3)18-6-10-20(11-7-18)27-13-12-17(14-25)21(27)22(28)26-15-16-4-8-19(24)9-5-16/h4-13H,15H2,1-3H3,(H,26,28). The Balaban J connectivity index is 1.87. The second-order valence-corrected chi connectivity index (χ2v) is 7.67. The van der Waals surface area contributed by atoms with E-state index >= 15 is 0 Å². The zero-order valence-corrected chi connectivity index (χ0v) is 16.2. The van der Waals surface area contributed by atoms with Gasteiger partial charge in [0.2, 0.25) is 0 Å². The van der Waals surface area contributed by atoms with E-state index in [4.69, 9.17) is 0 Å². The van der Waals surface area contributed by atoms with E-state index in [2.05, 4.69) is 32.2 Å². The van der Waals surface area contributed by atoms with Gasteiger partial charge in [-0.25, -0.2) is 4.39 Å². The number of amides is 1. The average Bonchev–Trinajstić information content (AvgIpc) is 3.11. The van der Waals surface area contributed by atoms with Crippen molar-refractivity contribution in [3.63, 3.8) is 0 Å². The monoisotopic (exact) mass is 375 g/mol. The van der Waals surface area contributed by atoms with E-state index in [0.717, 1.165) is 11.3 Å². The number of nitrogens with zero attached hydrogens (tertiary/aromatic N) is 2. The molecule has 1 aromatic heterocycles. The molecule has 5 heteroatoms. The number of carbonyl (C=O) groups is 1. The molecule has 0 saturated heterocycles. The molecule has 0 saturated carbocycles. The van der Waals surface area contributed by atoms with Gasteiger partial charge in [0.15, 0.2) is 0 Å². The molecule has 3 aromatic rings. The Labute approximate surface area is 164 Å². The second-order valence-electron chi connectivity index (χ2n) is 7.67. The molecule has 1 N–H and O–H groups in total. The van der Waals surface area contributed by atoms with Crippen LogP contribution < -0.4 is 5.32 Å². The van der Waals surface area contributed by atoms with Crippen molar-refractivity contribution < 1.29 is 9.18 Å². The van der Waals surface area contributed by atoms with Gasteiger partial charge in [0.25, 0.3) is 5.91 Å². The number of hydrogen-bond donors (Lipinski definition) is 1. The molecular formula is C23H22FN3O. The minimum atomic E-state index is -0.356. The van der Waals surface area contributed by atoms with Crippen molar-refractivity contribution in [1.29, 1.82) is 5.26 Å². The number of nitriles is 1. The fourth-order valence-electron chi connectivity index (χ4n) is 2.96. The summed E-state index contributed by atoms with van der Waals surface area (Å²) in [5.41, 5.74) is 3.39. The first-order chi connectivity index (χ1) is 13.3. The summed E-state index contributed by atoms with van der Waals surface area (Å²) in [5.74, 6) is -0.680. The molecule has 4 nitrogen and oxygen atoms in total. The molecular weight excluding hydrogens is 353 g/mol. The topological polar surface area (TPSA) is 57.8 Å². The smallest absolute Gasteiger partial charge is 0.269 e. The van der Waals surface area contributed by atoms with Crippen molar-refractivity contribution in [2.24, 2.45) is 0 Å². The van der Waals surface area contributed by atoms with Crippen molar-refractivity contribution >= 4 is 5.91 Å². The van der Waals surface area contributed by atoms with Crippen molar-refractivity contribution in [3.05, 3.63) is 89.0 Å². The van der Waals surface area contributed by atoms with Crippen molar-refractivity contribution in [1.82, 2.24) is 9.88 Å². The summed E-state index contributed by atoms with van der Waals surface area (Å²) in [6.45, 7) is 6.66. The molecule has 0 bridgehead atoms. The quantitative estimate of drug-likeness (QED) is 0.718. The van der Waals surface area contributed by atoms with Gasteiger partial charge in [-0.1, -0.05) is 45.0 Å². The molecule has 28 heavy (non-hydrogen) atoms. The lowest BCUT2D eigenvalue weighted by atomic mass is 9.87. The molecule has 0 fully saturated rings. The van der Waals surface area contributed by atoms with Crippen LogP contribution in [0.3, 0.4) is 0 Å². The van der Waals surface area contributed by atoms with Crippen LogP contribution in [0.15, 0.2) is 60.8 Å². The minimum absolute atomic E-state index is 0.0302. The molecule has 0 unspecified atom stereocenters. The fraction of sp³-hybridized carbons (Fsp3) is 0.217. The van der Waals surface area contributed by atoms with E-state index < -0.39 is 0 Å². The molecule has 2 aromatic carbocycles. The average molecular weight is 375 g/mol. The zero-order chi connectivity index (χ0) is 20.3. The number of aromatic nitrogens is 1. The highest BCUT2D eigenvalue weighted by molar-refractivity contribution is 5.95. The van der Waals surface area contributed by atoms with Crippen LogP contribution in [0, 0.1) is 17.1 Å². The zero-order valence-electron chi connectivity index (χ0n) is 16.2. The first-order valence-corrected chi connectivity index (χ1v) is 9.04. The Hall–Kier alpha value is -3.39. The highest BCUT2D eigenvalue weighted by Gasteiger charge is 2.19. The largest absolute Gasteiger partial charge is 0.347 e. The molecule has 142 valence electrons. The van der Waals surface area contributed by atoms with E-state index in [-0.39, 0.29) is 29.4 Å². The van der Waals surface area contributed by atoms with E-state index in [9.17, 15) is 14.4 Å². The molecule has 0 radical (unpaired) electrons. The first kappa shape index (κ1) is 19.4. The Morgan fingerprint density at radius 1 is 1.07 bits per heavy atom. The highest BCUT2D eigenvalue weighted by Crippen LogP contribution is 2.24. The Morgan fingerprint density at radius 2 is 1.71 bits per heavy atom. The molecule has 0 aliphatic heterocycles. The summed E-state index contributed by atoms with van der Waals surface area (Å²) in [4.78, 5) is 12.8. The van der Waals surface area contributed by atoms with Crippen molar-refractivity contribution in [2.75, 3.05) is 0 Å². The number of hydrogen-bond acceptors (Lipinski definition) is 2. The maximum atomic E-state index is 13.0. The van der Waals surface area contributed by atoms with Gasteiger partial charge in [-0.3, -0.25) is 4.79 Å². The third kappa shape index (κ3) is 4.12. The van der Waals surface area contributed by atoms with Gasteiger partial charge in [0.1, 0.15) is 17.6 Å². The lowest BCUT2D eigenvalue weighted by molar-refractivity contribution is 0.0944. The summed E-state index contributed by atoms with van der Waals surface area (Å²) >= 11 is 0. The second kappa shape index (κ2) is 7.69. The molecule has 0 atom stereocenters. The predicted octanol–water partition coefficient (Wildman–Crippen LogP) is 4.72. The van der Waals surface area contributed by atoms with Crippen LogP contribution in [-0.2, 0) is 12.0 Å². The van der Waals surface area contributed by atoms with Crippen LogP contribution in [0.1, 0.15) is 48.0 Å². The maximum Gasteiger partial charge on any atom is 0.269 e. The number of benzene rings is 2. The molecule has 0 spiro atoms. The van der Waals surface area contributed by atoms with Gasteiger partial charge >= 0.3 is 0 Å².